The summed E-state index contributed by atoms with van der Waals surface area (Å²) in [5, 5.41) is 12.9. The molecule has 6 nitrogen and oxygen atoms in total. The predicted octanol–water partition coefficient (Wildman–Crippen LogP) is 5.33. The third-order valence-corrected chi connectivity index (χ3v) is 6.06. The predicted molar refractivity (Wildman–Crippen MR) is 125 cm³/mol. The normalized spacial score (nSPS) is 10.8. The average Bonchev–Trinajstić information content (AvgIpc) is 3.21. The molecule has 2 heterocycles. The van der Waals surface area contributed by atoms with E-state index >= 15 is 0 Å². The Balaban J connectivity index is 1.59. The lowest BCUT2D eigenvalue weighted by atomic mass is 10.2. The number of anilines is 1. The molecule has 0 atom stereocenters. The third kappa shape index (κ3) is 4.78. The highest BCUT2D eigenvalue weighted by atomic mass is 35.5. The number of aryl methyl sites for hydroxylation is 1. The maximum absolute atomic E-state index is 12.6. The number of halogens is 1. The molecule has 0 aliphatic rings. The van der Waals surface area contributed by atoms with E-state index in [4.69, 9.17) is 11.6 Å². The van der Waals surface area contributed by atoms with E-state index < -0.39 is 0 Å². The van der Waals surface area contributed by atoms with Crippen molar-refractivity contribution in [2.24, 2.45) is 0 Å². The van der Waals surface area contributed by atoms with Crippen LogP contribution in [0.25, 0.3) is 17.1 Å². The van der Waals surface area contributed by atoms with E-state index in [1.54, 1.807) is 18.5 Å². The summed E-state index contributed by atoms with van der Waals surface area (Å²) >= 11 is 7.47. The monoisotopic (exact) mass is 449 g/mol. The Kier molecular flexibility index (Phi) is 6.34. The van der Waals surface area contributed by atoms with Crippen LogP contribution in [0.3, 0.4) is 0 Å². The van der Waals surface area contributed by atoms with E-state index in [9.17, 15) is 4.79 Å². The molecule has 0 aliphatic heterocycles. The fraction of sp³-hybridized carbons (Fsp3) is 0.130. The van der Waals surface area contributed by atoms with Crippen LogP contribution in [0, 0.1) is 13.8 Å². The molecule has 4 aromatic rings. The largest absolute Gasteiger partial charge is 0.325 e. The number of thioether (sulfide) groups is 1. The van der Waals surface area contributed by atoms with Crippen LogP contribution in [0.15, 0.2) is 72.1 Å². The maximum Gasteiger partial charge on any atom is 0.234 e. The molecule has 2 aromatic carbocycles. The van der Waals surface area contributed by atoms with Gasteiger partial charge < -0.3 is 5.32 Å². The maximum atomic E-state index is 12.6. The van der Waals surface area contributed by atoms with Crippen molar-refractivity contribution in [3.05, 3.63) is 83.1 Å². The van der Waals surface area contributed by atoms with Crippen LogP contribution >= 0.6 is 23.4 Å². The van der Waals surface area contributed by atoms with Gasteiger partial charge in [-0.3, -0.25) is 14.3 Å². The molecule has 1 amide bonds. The van der Waals surface area contributed by atoms with Gasteiger partial charge in [-0.25, -0.2) is 0 Å². The van der Waals surface area contributed by atoms with Crippen molar-refractivity contribution in [1.82, 2.24) is 19.7 Å². The molecule has 0 bridgehead atoms. The first-order valence-electron chi connectivity index (χ1n) is 9.63. The summed E-state index contributed by atoms with van der Waals surface area (Å²) in [6.07, 6.45) is 3.46. The highest BCUT2D eigenvalue weighted by Gasteiger charge is 2.18. The number of nitrogens with one attached hydrogen (secondary N) is 1. The van der Waals surface area contributed by atoms with Crippen molar-refractivity contribution in [3.8, 4) is 17.1 Å². The van der Waals surface area contributed by atoms with E-state index in [2.05, 4.69) is 20.5 Å². The summed E-state index contributed by atoms with van der Waals surface area (Å²) in [5.74, 6) is 0.713. The minimum Gasteiger partial charge on any atom is -0.325 e. The standard InChI is InChI=1S/C23H20ClN5OS/c1-15-8-10-18(11-9-15)29-22(17-5-4-12-25-13-17)27-28-23(29)31-14-21(30)26-20-7-3-6-19(24)16(20)2/h3-13H,14H2,1-2H3,(H,26,30). The van der Waals surface area contributed by atoms with Gasteiger partial charge in [0.25, 0.3) is 0 Å². The van der Waals surface area contributed by atoms with Crippen LogP contribution in [0.1, 0.15) is 11.1 Å². The lowest BCUT2D eigenvalue weighted by Crippen LogP contribution is -2.15. The van der Waals surface area contributed by atoms with Crippen LogP contribution in [0.4, 0.5) is 5.69 Å². The van der Waals surface area contributed by atoms with Crippen LogP contribution in [-0.4, -0.2) is 31.4 Å². The van der Waals surface area contributed by atoms with Gasteiger partial charge in [-0.05, 0) is 55.8 Å². The highest BCUT2D eigenvalue weighted by Crippen LogP contribution is 2.28. The molecule has 0 aliphatic carbocycles. The Morgan fingerprint density at radius 3 is 2.61 bits per heavy atom. The van der Waals surface area contributed by atoms with Gasteiger partial charge >= 0.3 is 0 Å². The summed E-state index contributed by atoms with van der Waals surface area (Å²) in [7, 11) is 0. The van der Waals surface area contributed by atoms with Gasteiger partial charge in [0.15, 0.2) is 11.0 Å². The van der Waals surface area contributed by atoms with Crippen molar-refractivity contribution in [3.63, 3.8) is 0 Å². The van der Waals surface area contributed by atoms with Gasteiger partial charge in [-0.1, -0.05) is 47.1 Å². The number of benzene rings is 2. The molecule has 8 heteroatoms. The molecule has 1 N–H and O–H groups in total. The van der Waals surface area contributed by atoms with Crippen LogP contribution in [-0.2, 0) is 4.79 Å². The van der Waals surface area contributed by atoms with Crippen LogP contribution in [0.5, 0.6) is 0 Å². The van der Waals surface area contributed by atoms with Crippen molar-refractivity contribution in [2.45, 2.75) is 19.0 Å². The number of pyridine rings is 1. The topological polar surface area (TPSA) is 72.7 Å². The number of aromatic nitrogens is 4. The van der Waals surface area contributed by atoms with Gasteiger partial charge in [-0.15, -0.1) is 10.2 Å². The number of carbonyl (C=O) groups is 1. The van der Waals surface area contributed by atoms with Crippen LogP contribution < -0.4 is 5.32 Å². The quantitative estimate of drug-likeness (QED) is 0.403. The Morgan fingerprint density at radius 1 is 1.06 bits per heavy atom. The molecule has 0 fully saturated rings. The summed E-state index contributed by atoms with van der Waals surface area (Å²) in [6.45, 7) is 3.91. The zero-order valence-corrected chi connectivity index (χ0v) is 18.6. The minimum atomic E-state index is -0.142. The van der Waals surface area contributed by atoms with Gasteiger partial charge in [0.1, 0.15) is 0 Å². The SMILES string of the molecule is Cc1ccc(-n2c(SCC(=O)Nc3cccc(Cl)c3C)nnc2-c2cccnc2)cc1. The second-order valence-electron chi connectivity index (χ2n) is 6.97. The van der Waals surface area contributed by atoms with Gasteiger partial charge in [0, 0.05) is 34.4 Å². The first-order valence-corrected chi connectivity index (χ1v) is 11.0. The Hall–Kier alpha value is -3.16. The van der Waals surface area contributed by atoms with Crippen molar-refractivity contribution in [2.75, 3.05) is 11.1 Å². The third-order valence-electron chi connectivity index (χ3n) is 4.72. The lowest BCUT2D eigenvalue weighted by Gasteiger charge is -2.11. The van der Waals surface area contributed by atoms with Crippen molar-refractivity contribution in [1.29, 1.82) is 0 Å². The number of amides is 1. The molecule has 4 rings (SSSR count). The fourth-order valence-corrected chi connectivity index (χ4v) is 3.96. The zero-order valence-electron chi connectivity index (χ0n) is 17.0. The Morgan fingerprint density at radius 2 is 1.87 bits per heavy atom. The Bertz CT molecular complexity index is 1210. The first-order chi connectivity index (χ1) is 15.0. The van der Waals surface area contributed by atoms with E-state index in [1.807, 2.05) is 66.9 Å². The molecule has 0 spiro atoms. The molecule has 156 valence electrons. The van der Waals surface area contributed by atoms with E-state index in [0.717, 1.165) is 22.4 Å². The van der Waals surface area contributed by atoms with E-state index in [-0.39, 0.29) is 11.7 Å². The zero-order chi connectivity index (χ0) is 21.8. The van der Waals surface area contributed by atoms with E-state index in [1.165, 1.54) is 11.8 Å². The summed E-state index contributed by atoms with van der Waals surface area (Å²) < 4.78 is 1.94. The lowest BCUT2D eigenvalue weighted by molar-refractivity contribution is -0.113. The molecule has 0 unspecified atom stereocenters. The van der Waals surface area contributed by atoms with Gasteiger partial charge in [0.05, 0.1) is 5.75 Å². The molecular formula is C23H20ClN5OS. The average molecular weight is 450 g/mol. The molecule has 0 saturated heterocycles. The molecule has 31 heavy (non-hydrogen) atoms. The molecular weight excluding hydrogens is 430 g/mol. The van der Waals surface area contributed by atoms with Crippen molar-refractivity contribution < 1.29 is 4.79 Å². The number of carbonyl (C=O) groups excluding carboxylic acids is 1. The molecule has 0 saturated carbocycles. The molecule has 0 radical (unpaired) electrons. The number of nitrogens with zero attached hydrogens (tertiary/aromatic N) is 4. The van der Waals surface area contributed by atoms with Gasteiger partial charge in [0.2, 0.25) is 5.91 Å². The van der Waals surface area contributed by atoms with Crippen molar-refractivity contribution >= 4 is 35.0 Å². The first kappa shape index (κ1) is 21.1. The van der Waals surface area contributed by atoms with E-state index in [0.29, 0.717) is 21.7 Å². The smallest absolute Gasteiger partial charge is 0.234 e. The second kappa shape index (κ2) is 9.32. The summed E-state index contributed by atoms with van der Waals surface area (Å²) in [6, 6.07) is 17.3. The number of hydrogen-bond donors (Lipinski definition) is 1. The summed E-state index contributed by atoms with van der Waals surface area (Å²) in [4.78, 5) is 16.8. The molecule has 2 aromatic heterocycles. The number of hydrogen-bond acceptors (Lipinski definition) is 5. The summed E-state index contributed by atoms with van der Waals surface area (Å²) in [5.41, 5.74) is 4.47. The number of rotatable bonds is 6. The fourth-order valence-electron chi connectivity index (χ4n) is 3.03. The van der Waals surface area contributed by atoms with Crippen LogP contribution in [0.2, 0.25) is 5.02 Å². The Labute approximate surface area is 189 Å². The minimum absolute atomic E-state index is 0.142. The van der Waals surface area contributed by atoms with Gasteiger partial charge in [-0.2, -0.15) is 0 Å². The second-order valence-corrected chi connectivity index (χ2v) is 8.32. The highest BCUT2D eigenvalue weighted by molar-refractivity contribution is 7.99.